The van der Waals surface area contributed by atoms with Gasteiger partial charge in [0.1, 0.15) is 5.60 Å². The van der Waals surface area contributed by atoms with E-state index in [-0.39, 0.29) is 11.7 Å². The van der Waals surface area contributed by atoms with Crippen molar-refractivity contribution >= 4 is 6.09 Å². The minimum absolute atomic E-state index is 0.149. The number of nitrogens with zero attached hydrogens (tertiary/aromatic N) is 2. The van der Waals surface area contributed by atoms with Crippen molar-refractivity contribution in [1.82, 2.24) is 9.80 Å². The zero-order valence-corrected chi connectivity index (χ0v) is 10.7. The summed E-state index contributed by atoms with van der Waals surface area (Å²) in [6.45, 7) is 9.70. The number of ether oxygens (including phenoxy) is 1. The standard InChI is InChI=1S/C12H22N2O2/c1-12(2,3)16-11(15)14-7-9-5-13(4)6-10(9)8-14/h9-10H,5-8H2,1-4H3/t9-,10-/m0/s1. The first-order chi connectivity index (χ1) is 7.35. The number of rotatable bonds is 0. The first-order valence-electron chi connectivity index (χ1n) is 6.01. The van der Waals surface area contributed by atoms with Crippen molar-refractivity contribution in [2.24, 2.45) is 11.8 Å². The second-order valence-electron chi connectivity index (χ2n) is 6.13. The van der Waals surface area contributed by atoms with Crippen LogP contribution in [0.4, 0.5) is 4.79 Å². The first-order valence-corrected chi connectivity index (χ1v) is 6.01. The molecule has 2 atom stereocenters. The van der Waals surface area contributed by atoms with Gasteiger partial charge in [0, 0.05) is 26.2 Å². The number of amides is 1. The third-order valence-electron chi connectivity index (χ3n) is 3.32. The van der Waals surface area contributed by atoms with Crippen LogP contribution in [0.1, 0.15) is 20.8 Å². The average molecular weight is 226 g/mol. The monoisotopic (exact) mass is 226 g/mol. The Balaban J connectivity index is 1.88. The number of carbonyl (C=O) groups is 1. The van der Waals surface area contributed by atoms with E-state index in [0.29, 0.717) is 11.8 Å². The van der Waals surface area contributed by atoms with E-state index in [4.69, 9.17) is 4.74 Å². The van der Waals surface area contributed by atoms with E-state index in [1.165, 1.54) is 0 Å². The van der Waals surface area contributed by atoms with Crippen molar-refractivity contribution in [2.75, 3.05) is 33.2 Å². The van der Waals surface area contributed by atoms with Crippen molar-refractivity contribution in [3.63, 3.8) is 0 Å². The molecule has 0 unspecified atom stereocenters. The Kier molecular flexibility index (Phi) is 2.86. The molecule has 2 rings (SSSR count). The number of hydrogen-bond donors (Lipinski definition) is 0. The molecule has 0 N–H and O–H groups in total. The van der Waals surface area contributed by atoms with E-state index < -0.39 is 0 Å². The molecule has 0 radical (unpaired) electrons. The van der Waals surface area contributed by atoms with Crippen molar-refractivity contribution in [3.05, 3.63) is 0 Å². The van der Waals surface area contributed by atoms with Crippen LogP contribution in [-0.2, 0) is 4.74 Å². The van der Waals surface area contributed by atoms with Crippen LogP contribution in [0.5, 0.6) is 0 Å². The molecule has 0 aliphatic carbocycles. The molecule has 0 spiro atoms. The summed E-state index contributed by atoms with van der Waals surface area (Å²) in [4.78, 5) is 16.1. The summed E-state index contributed by atoms with van der Waals surface area (Å²) < 4.78 is 5.39. The molecule has 1 amide bonds. The van der Waals surface area contributed by atoms with Crippen LogP contribution in [0.2, 0.25) is 0 Å². The van der Waals surface area contributed by atoms with Crippen molar-refractivity contribution < 1.29 is 9.53 Å². The van der Waals surface area contributed by atoms with Gasteiger partial charge in [-0.25, -0.2) is 4.79 Å². The van der Waals surface area contributed by atoms with Crippen LogP contribution >= 0.6 is 0 Å². The molecule has 2 fully saturated rings. The molecule has 0 saturated carbocycles. The molecule has 0 aromatic carbocycles. The third-order valence-corrected chi connectivity index (χ3v) is 3.32. The quantitative estimate of drug-likeness (QED) is 0.626. The van der Waals surface area contributed by atoms with Crippen LogP contribution in [0.25, 0.3) is 0 Å². The lowest BCUT2D eigenvalue weighted by atomic mass is 10.0. The van der Waals surface area contributed by atoms with Crippen LogP contribution in [0.3, 0.4) is 0 Å². The van der Waals surface area contributed by atoms with Crippen LogP contribution in [0, 0.1) is 11.8 Å². The van der Waals surface area contributed by atoms with Gasteiger partial charge in [-0.2, -0.15) is 0 Å². The SMILES string of the molecule is CN1C[C@H]2CN(C(=O)OC(C)(C)C)C[C@@H]2C1. The van der Waals surface area contributed by atoms with E-state index in [2.05, 4.69) is 11.9 Å². The van der Waals surface area contributed by atoms with Crippen LogP contribution < -0.4 is 0 Å². The van der Waals surface area contributed by atoms with Gasteiger partial charge in [-0.15, -0.1) is 0 Å². The molecular formula is C12H22N2O2. The second kappa shape index (κ2) is 3.91. The predicted molar refractivity (Wildman–Crippen MR) is 62.3 cm³/mol. The topological polar surface area (TPSA) is 32.8 Å². The van der Waals surface area contributed by atoms with E-state index in [1.807, 2.05) is 25.7 Å². The lowest BCUT2D eigenvalue weighted by Gasteiger charge is -2.25. The maximum absolute atomic E-state index is 11.9. The van der Waals surface area contributed by atoms with Gasteiger partial charge in [0.05, 0.1) is 0 Å². The minimum Gasteiger partial charge on any atom is -0.444 e. The van der Waals surface area contributed by atoms with Gasteiger partial charge >= 0.3 is 6.09 Å². The molecule has 0 aromatic heterocycles. The van der Waals surface area contributed by atoms with Gasteiger partial charge in [-0.05, 0) is 39.7 Å². The maximum Gasteiger partial charge on any atom is 0.410 e. The van der Waals surface area contributed by atoms with E-state index in [1.54, 1.807) is 0 Å². The smallest absolute Gasteiger partial charge is 0.410 e. The molecule has 2 aliphatic heterocycles. The Hall–Kier alpha value is -0.770. The van der Waals surface area contributed by atoms with Gasteiger partial charge in [0.2, 0.25) is 0 Å². The summed E-state index contributed by atoms with van der Waals surface area (Å²) in [5.41, 5.74) is -0.383. The number of carbonyl (C=O) groups excluding carboxylic acids is 1. The molecular weight excluding hydrogens is 204 g/mol. The molecule has 2 saturated heterocycles. The van der Waals surface area contributed by atoms with Gasteiger partial charge in [-0.1, -0.05) is 0 Å². The highest BCUT2D eigenvalue weighted by Crippen LogP contribution is 2.30. The largest absolute Gasteiger partial charge is 0.444 e. The number of fused-ring (bicyclic) bond motifs is 1. The van der Waals surface area contributed by atoms with Crippen molar-refractivity contribution in [2.45, 2.75) is 26.4 Å². The van der Waals surface area contributed by atoms with Crippen LogP contribution in [-0.4, -0.2) is 54.7 Å². The van der Waals surface area contributed by atoms with E-state index in [9.17, 15) is 4.79 Å². The summed E-state index contributed by atoms with van der Waals surface area (Å²) in [6.07, 6.45) is -0.149. The fourth-order valence-corrected chi connectivity index (χ4v) is 2.70. The molecule has 92 valence electrons. The first kappa shape index (κ1) is 11.7. The molecule has 2 heterocycles. The Bertz CT molecular complexity index is 271. The Morgan fingerprint density at radius 3 is 2.06 bits per heavy atom. The highest BCUT2D eigenvalue weighted by molar-refractivity contribution is 5.68. The lowest BCUT2D eigenvalue weighted by Crippen LogP contribution is -2.37. The predicted octanol–water partition coefficient (Wildman–Crippen LogP) is 1.41. The van der Waals surface area contributed by atoms with Crippen molar-refractivity contribution in [1.29, 1.82) is 0 Å². The molecule has 16 heavy (non-hydrogen) atoms. The number of hydrogen-bond acceptors (Lipinski definition) is 3. The second-order valence-corrected chi connectivity index (χ2v) is 6.13. The summed E-state index contributed by atoms with van der Waals surface area (Å²) in [5, 5.41) is 0. The van der Waals surface area contributed by atoms with Crippen LogP contribution in [0.15, 0.2) is 0 Å². The maximum atomic E-state index is 11.9. The summed E-state index contributed by atoms with van der Waals surface area (Å²) in [6, 6.07) is 0. The number of likely N-dealkylation sites (tertiary alicyclic amines) is 2. The summed E-state index contributed by atoms with van der Waals surface area (Å²) >= 11 is 0. The normalized spacial score (nSPS) is 30.6. The van der Waals surface area contributed by atoms with E-state index in [0.717, 1.165) is 26.2 Å². The molecule has 4 heteroatoms. The molecule has 0 aromatic rings. The summed E-state index contributed by atoms with van der Waals surface area (Å²) in [7, 11) is 2.15. The highest BCUT2D eigenvalue weighted by atomic mass is 16.6. The highest BCUT2D eigenvalue weighted by Gasteiger charge is 2.41. The fourth-order valence-electron chi connectivity index (χ4n) is 2.70. The minimum atomic E-state index is -0.383. The van der Waals surface area contributed by atoms with Gasteiger partial charge in [0.15, 0.2) is 0 Å². The van der Waals surface area contributed by atoms with Crippen molar-refractivity contribution in [3.8, 4) is 0 Å². The Labute approximate surface area is 97.5 Å². The third kappa shape index (κ3) is 2.48. The fraction of sp³-hybridized carbons (Fsp3) is 0.917. The zero-order chi connectivity index (χ0) is 11.9. The summed E-state index contributed by atoms with van der Waals surface area (Å²) in [5.74, 6) is 1.30. The Morgan fingerprint density at radius 2 is 1.62 bits per heavy atom. The van der Waals surface area contributed by atoms with Gasteiger partial charge in [-0.3, -0.25) is 0 Å². The molecule has 0 bridgehead atoms. The Morgan fingerprint density at radius 1 is 1.12 bits per heavy atom. The molecule has 4 nitrogen and oxygen atoms in total. The lowest BCUT2D eigenvalue weighted by molar-refractivity contribution is 0.0276. The van der Waals surface area contributed by atoms with Gasteiger partial charge in [0.25, 0.3) is 0 Å². The van der Waals surface area contributed by atoms with E-state index >= 15 is 0 Å². The zero-order valence-electron chi connectivity index (χ0n) is 10.7. The van der Waals surface area contributed by atoms with Gasteiger partial charge < -0.3 is 14.5 Å². The molecule has 2 aliphatic rings. The average Bonchev–Trinajstić information content (AvgIpc) is 2.56.